The lowest BCUT2D eigenvalue weighted by atomic mass is 10.0. The molecule has 3 aromatic rings. The van der Waals surface area contributed by atoms with Crippen molar-refractivity contribution in [2.75, 3.05) is 28.6 Å². The summed E-state index contributed by atoms with van der Waals surface area (Å²) in [4.78, 5) is 28.1. The van der Waals surface area contributed by atoms with Gasteiger partial charge >= 0.3 is 0 Å². The number of aryl methyl sites for hydroxylation is 1. The van der Waals surface area contributed by atoms with E-state index < -0.39 is 0 Å². The minimum Gasteiger partial charge on any atom is -0.372 e. The van der Waals surface area contributed by atoms with Crippen molar-refractivity contribution in [3.05, 3.63) is 65.7 Å². The van der Waals surface area contributed by atoms with E-state index in [1.54, 1.807) is 0 Å². The van der Waals surface area contributed by atoms with Crippen LogP contribution in [0.5, 0.6) is 0 Å². The van der Waals surface area contributed by atoms with Crippen LogP contribution in [0.3, 0.4) is 0 Å². The van der Waals surface area contributed by atoms with Gasteiger partial charge in [0.15, 0.2) is 0 Å². The Morgan fingerprint density at radius 2 is 1.58 bits per heavy atom. The van der Waals surface area contributed by atoms with Crippen molar-refractivity contribution in [2.45, 2.75) is 32.6 Å². The van der Waals surface area contributed by atoms with Gasteiger partial charge in [-0.3, -0.25) is 9.59 Å². The average molecular weight is 414 g/mol. The number of nitrogens with one attached hydrogen (secondary N) is 2. The molecule has 2 aliphatic rings. The summed E-state index contributed by atoms with van der Waals surface area (Å²) in [5, 5.41) is 8.01. The second-order valence-electron chi connectivity index (χ2n) is 8.66. The van der Waals surface area contributed by atoms with Gasteiger partial charge in [-0.2, -0.15) is 0 Å². The van der Waals surface area contributed by atoms with Gasteiger partial charge in [-0.05, 0) is 79.3 Å². The van der Waals surface area contributed by atoms with Crippen LogP contribution in [-0.4, -0.2) is 24.9 Å². The number of carbonyl (C=O) groups is 2. The van der Waals surface area contributed by atoms with Crippen molar-refractivity contribution in [1.82, 2.24) is 0 Å². The Morgan fingerprint density at radius 1 is 0.871 bits per heavy atom. The Kier molecular flexibility index (Phi) is 5.10. The molecule has 158 valence electrons. The van der Waals surface area contributed by atoms with Crippen molar-refractivity contribution in [2.24, 2.45) is 5.92 Å². The molecule has 0 radical (unpaired) electrons. The molecule has 2 N–H and O–H groups in total. The Bertz CT molecular complexity index is 1160. The highest BCUT2D eigenvalue weighted by Gasteiger charge is 2.30. The third-order valence-corrected chi connectivity index (χ3v) is 6.27. The van der Waals surface area contributed by atoms with E-state index in [4.69, 9.17) is 0 Å². The predicted octanol–water partition coefficient (Wildman–Crippen LogP) is 5.35. The van der Waals surface area contributed by atoms with Gasteiger partial charge in [-0.15, -0.1) is 0 Å². The van der Waals surface area contributed by atoms with Gasteiger partial charge in [-0.1, -0.05) is 24.3 Å². The fourth-order valence-electron chi connectivity index (χ4n) is 4.26. The van der Waals surface area contributed by atoms with E-state index in [2.05, 4.69) is 27.7 Å². The molecule has 1 saturated carbocycles. The third-order valence-electron chi connectivity index (χ3n) is 6.27. The normalized spacial score (nSPS) is 15.8. The van der Waals surface area contributed by atoms with Crippen molar-refractivity contribution in [3.8, 4) is 0 Å². The van der Waals surface area contributed by atoms with Crippen LogP contribution in [0.15, 0.2) is 54.6 Å². The molecule has 5 nitrogen and oxygen atoms in total. The molecule has 0 unspecified atom stereocenters. The van der Waals surface area contributed by atoms with Gasteiger partial charge < -0.3 is 15.5 Å². The Balaban J connectivity index is 1.43. The minimum absolute atomic E-state index is 0.00419. The smallest absolute Gasteiger partial charge is 0.257 e. The van der Waals surface area contributed by atoms with Crippen LogP contribution in [0.25, 0.3) is 10.8 Å². The highest BCUT2D eigenvalue weighted by molar-refractivity contribution is 6.13. The average Bonchev–Trinajstić information content (AvgIpc) is 3.49. The molecular formula is C26H27N3O2. The molecule has 0 spiro atoms. The maximum Gasteiger partial charge on any atom is 0.257 e. The first-order valence-corrected chi connectivity index (χ1v) is 11.1. The molecule has 1 saturated heterocycles. The molecular weight excluding hydrogens is 386 g/mol. The van der Waals surface area contributed by atoms with Gasteiger partial charge in [0.25, 0.3) is 5.91 Å². The Morgan fingerprint density at radius 3 is 2.26 bits per heavy atom. The van der Waals surface area contributed by atoms with Gasteiger partial charge in [-0.25, -0.2) is 0 Å². The molecule has 31 heavy (non-hydrogen) atoms. The minimum atomic E-state index is -0.214. The summed E-state index contributed by atoms with van der Waals surface area (Å²) in [7, 11) is 0. The van der Waals surface area contributed by atoms with E-state index in [0.717, 1.165) is 48.0 Å². The lowest BCUT2D eigenvalue weighted by Gasteiger charge is -2.19. The monoisotopic (exact) mass is 413 g/mol. The van der Waals surface area contributed by atoms with E-state index >= 15 is 0 Å². The summed E-state index contributed by atoms with van der Waals surface area (Å²) in [6.45, 7) is 4.20. The van der Waals surface area contributed by atoms with Crippen LogP contribution in [-0.2, 0) is 4.79 Å². The molecule has 5 heteroatoms. The summed E-state index contributed by atoms with van der Waals surface area (Å²) < 4.78 is 0. The van der Waals surface area contributed by atoms with E-state index in [0.29, 0.717) is 11.3 Å². The second kappa shape index (κ2) is 8.06. The van der Waals surface area contributed by atoms with Crippen LogP contribution < -0.4 is 15.5 Å². The zero-order valence-electron chi connectivity index (χ0n) is 17.8. The summed E-state index contributed by atoms with van der Waals surface area (Å²) in [6.07, 6.45) is 4.30. The molecule has 1 aliphatic heterocycles. The highest BCUT2D eigenvalue weighted by atomic mass is 16.2. The molecule has 5 rings (SSSR count). The van der Waals surface area contributed by atoms with Crippen molar-refractivity contribution >= 4 is 39.6 Å². The number of hydrogen-bond donors (Lipinski definition) is 2. The first kappa shape index (κ1) is 19.6. The SMILES string of the molecule is Cc1cc(N2CCCC2)ccc1NC(=O)c1cc2ccccc2cc1NC(=O)C1CC1. The lowest BCUT2D eigenvalue weighted by molar-refractivity contribution is -0.117. The number of nitrogens with zero attached hydrogens (tertiary/aromatic N) is 1. The van der Waals surface area contributed by atoms with Crippen LogP contribution in [0, 0.1) is 12.8 Å². The first-order valence-electron chi connectivity index (χ1n) is 11.1. The predicted molar refractivity (Wildman–Crippen MR) is 126 cm³/mol. The van der Waals surface area contributed by atoms with E-state index in [1.807, 2.05) is 49.4 Å². The van der Waals surface area contributed by atoms with Crippen molar-refractivity contribution in [3.63, 3.8) is 0 Å². The second-order valence-corrected chi connectivity index (χ2v) is 8.66. The van der Waals surface area contributed by atoms with Crippen LogP contribution in [0.1, 0.15) is 41.6 Å². The fourth-order valence-corrected chi connectivity index (χ4v) is 4.26. The molecule has 1 aliphatic carbocycles. The zero-order chi connectivity index (χ0) is 21.4. The van der Waals surface area contributed by atoms with Gasteiger partial charge in [0, 0.05) is 30.4 Å². The Hall–Kier alpha value is -3.34. The topological polar surface area (TPSA) is 61.4 Å². The molecule has 0 bridgehead atoms. The van der Waals surface area contributed by atoms with Gasteiger partial charge in [0.2, 0.25) is 5.91 Å². The van der Waals surface area contributed by atoms with E-state index in [9.17, 15) is 9.59 Å². The summed E-state index contributed by atoms with van der Waals surface area (Å²) >= 11 is 0. The largest absolute Gasteiger partial charge is 0.372 e. The number of amides is 2. The van der Waals surface area contributed by atoms with Gasteiger partial charge in [0.1, 0.15) is 0 Å². The third kappa shape index (κ3) is 4.13. The lowest BCUT2D eigenvalue weighted by Crippen LogP contribution is -2.20. The van der Waals surface area contributed by atoms with Crippen LogP contribution in [0.4, 0.5) is 17.1 Å². The first-order chi connectivity index (χ1) is 15.1. The van der Waals surface area contributed by atoms with Crippen molar-refractivity contribution < 1.29 is 9.59 Å². The van der Waals surface area contributed by atoms with Gasteiger partial charge in [0.05, 0.1) is 11.3 Å². The number of rotatable bonds is 5. The Labute approximate surface area is 182 Å². The number of anilines is 3. The molecule has 2 fully saturated rings. The van der Waals surface area contributed by atoms with Crippen molar-refractivity contribution in [1.29, 1.82) is 0 Å². The summed E-state index contributed by atoms with van der Waals surface area (Å²) in [5.74, 6) is -0.146. The molecule has 2 amide bonds. The number of fused-ring (bicyclic) bond motifs is 1. The fraction of sp³-hybridized carbons (Fsp3) is 0.308. The number of benzene rings is 3. The van der Waals surface area contributed by atoms with E-state index in [-0.39, 0.29) is 17.7 Å². The quantitative estimate of drug-likeness (QED) is 0.593. The van der Waals surface area contributed by atoms with Crippen LogP contribution in [0.2, 0.25) is 0 Å². The summed E-state index contributed by atoms with van der Waals surface area (Å²) in [5.41, 5.74) is 4.08. The highest BCUT2D eigenvalue weighted by Crippen LogP contribution is 2.32. The maximum atomic E-state index is 13.3. The standard InChI is InChI=1S/C26H27N3O2/c1-17-14-21(29-12-4-5-13-29)10-11-23(17)27-26(31)22-15-19-6-2-3-7-20(19)16-24(22)28-25(30)18-8-9-18/h2-3,6-7,10-11,14-16,18H,4-5,8-9,12-13H2,1H3,(H,27,31)(H,28,30). The van der Waals surface area contributed by atoms with E-state index in [1.165, 1.54) is 18.5 Å². The maximum absolute atomic E-state index is 13.3. The molecule has 3 aromatic carbocycles. The zero-order valence-corrected chi connectivity index (χ0v) is 17.8. The summed E-state index contributed by atoms with van der Waals surface area (Å²) in [6, 6.07) is 17.8. The number of carbonyl (C=O) groups excluding carboxylic acids is 2. The molecule has 1 heterocycles. The molecule has 0 aromatic heterocycles. The van der Waals surface area contributed by atoms with Crippen LogP contribution >= 0.6 is 0 Å². The molecule has 0 atom stereocenters. The number of hydrogen-bond acceptors (Lipinski definition) is 3.